The molecule has 2 heterocycles. The summed E-state index contributed by atoms with van der Waals surface area (Å²) in [6, 6.07) is 7.41. The van der Waals surface area contributed by atoms with Crippen LogP contribution in [0.4, 0.5) is 18.9 Å². The Morgan fingerprint density at radius 2 is 2.03 bits per heavy atom. The number of Topliss-reactive ketones (excluding diaryl/α,β-unsaturated/α-hetero) is 1. The first-order chi connectivity index (χ1) is 15.2. The quantitative estimate of drug-likeness (QED) is 0.398. The van der Waals surface area contributed by atoms with Crippen molar-refractivity contribution < 1.29 is 23.1 Å². The third-order valence-electron chi connectivity index (χ3n) is 5.31. The summed E-state index contributed by atoms with van der Waals surface area (Å²) in [6.45, 7) is 3.64. The van der Waals surface area contributed by atoms with Gasteiger partial charge in [0.05, 0.1) is 24.0 Å². The largest absolute Gasteiger partial charge is 0.396 e. The number of carbonyl (C=O) groups is 1. The summed E-state index contributed by atoms with van der Waals surface area (Å²) in [5.74, 6) is 0.108. The number of rotatable bonds is 10. The van der Waals surface area contributed by atoms with Crippen LogP contribution in [0.2, 0.25) is 0 Å². The van der Waals surface area contributed by atoms with Crippen molar-refractivity contribution in [3.05, 3.63) is 53.3 Å². The molecule has 3 rings (SSSR count). The van der Waals surface area contributed by atoms with E-state index in [4.69, 9.17) is 0 Å². The number of carbonyl (C=O) groups excluding carboxylic acids is 1. The molecule has 0 spiro atoms. The first-order valence-corrected chi connectivity index (χ1v) is 10.8. The number of imidazole rings is 1. The van der Waals surface area contributed by atoms with E-state index in [1.165, 1.54) is 0 Å². The number of hydrogen-bond donors (Lipinski definition) is 2. The Kier molecular flexibility index (Phi) is 7.56. The molecule has 0 saturated carbocycles. The number of aromatic nitrogens is 2. The monoisotopic (exact) mass is 447 g/mol. The first kappa shape index (κ1) is 23.8. The van der Waals surface area contributed by atoms with Gasteiger partial charge in [0.25, 0.3) is 0 Å². The minimum atomic E-state index is -4.24. The summed E-state index contributed by atoms with van der Waals surface area (Å²) in [5, 5.41) is 12.1. The van der Waals surface area contributed by atoms with Crippen molar-refractivity contribution in [2.45, 2.75) is 52.1 Å². The van der Waals surface area contributed by atoms with Gasteiger partial charge in [-0.25, -0.2) is 4.98 Å². The van der Waals surface area contributed by atoms with Gasteiger partial charge >= 0.3 is 6.18 Å². The van der Waals surface area contributed by atoms with Gasteiger partial charge in [-0.05, 0) is 49.4 Å². The van der Waals surface area contributed by atoms with Gasteiger partial charge in [0.15, 0.2) is 11.4 Å². The number of halogens is 3. The lowest BCUT2D eigenvalue weighted by Crippen LogP contribution is -2.15. The number of nitrogens with one attached hydrogen (secondary N) is 1. The van der Waals surface area contributed by atoms with Gasteiger partial charge in [-0.15, -0.1) is 0 Å². The van der Waals surface area contributed by atoms with Crippen LogP contribution < -0.4 is 5.32 Å². The molecule has 2 aromatic heterocycles. The Bertz CT molecular complexity index is 1090. The van der Waals surface area contributed by atoms with E-state index in [-0.39, 0.29) is 18.9 Å². The van der Waals surface area contributed by atoms with Gasteiger partial charge in [-0.3, -0.25) is 9.20 Å². The average molecular weight is 448 g/mol. The second-order valence-electron chi connectivity index (χ2n) is 7.92. The molecular formula is C24H28F3N3O2. The number of alkyl halides is 3. The molecule has 2 N–H and O–H groups in total. The van der Waals surface area contributed by atoms with E-state index in [0.29, 0.717) is 36.2 Å². The van der Waals surface area contributed by atoms with E-state index in [1.54, 1.807) is 12.3 Å². The van der Waals surface area contributed by atoms with Crippen molar-refractivity contribution >= 4 is 17.1 Å². The van der Waals surface area contributed by atoms with Gasteiger partial charge in [0.1, 0.15) is 0 Å². The Morgan fingerprint density at radius 1 is 1.25 bits per heavy atom. The van der Waals surface area contributed by atoms with Crippen molar-refractivity contribution in [1.29, 1.82) is 0 Å². The Labute approximate surface area is 185 Å². The van der Waals surface area contributed by atoms with E-state index in [2.05, 4.69) is 10.3 Å². The Hall–Kier alpha value is -2.87. The van der Waals surface area contributed by atoms with Crippen LogP contribution in [-0.2, 0) is 6.42 Å². The van der Waals surface area contributed by atoms with Crippen LogP contribution in [0.5, 0.6) is 0 Å². The van der Waals surface area contributed by atoms with Gasteiger partial charge in [-0.1, -0.05) is 19.1 Å². The van der Waals surface area contributed by atoms with E-state index >= 15 is 0 Å². The van der Waals surface area contributed by atoms with Crippen LogP contribution >= 0.6 is 0 Å². The fraction of sp³-hybridized carbons (Fsp3) is 0.417. The van der Waals surface area contributed by atoms with Crippen LogP contribution in [-0.4, -0.2) is 39.6 Å². The molecule has 0 radical (unpaired) electrons. The predicted octanol–water partition coefficient (Wildman–Crippen LogP) is 5.58. The normalized spacial score (nSPS) is 11.8. The molecule has 32 heavy (non-hydrogen) atoms. The molecule has 1 aromatic carbocycles. The lowest BCUT2D eigenvalue weighted by Gasteiger charge is -2.13. The summed E-state index contributed by atoms with van der Waals surface area (Å²) < 4.78 is 39.7. The van der Waals surface area contributed by atoms with Crippen LogP contribution in [0.15, 0.2) is 36.7 Å². The van der Waals surface area contributed by atoms with Crippen molar-refractivity contribution in [3.8, 4) is 11.3 Å². The minimum absolute atomic E-state index is 0.0259. The van der Waals surface area contributed by atoms with E-state index in [9.17, 15) is 23.1 Å². The number of aliphatic hydroxyl groups is 1. The maximum Gasteiger partial charge on any atom is 0.390 e. The third-order valence-corrected chi connectivity index (χ3v) is 5.31. The van der Waals surface area contributed by atoms with Crippen molar-refractivity contribution in [2.75, 3.05) is 18.5 Å². The number of fused-ring (bicyclic) bond motifs is 1. The van der Waals surface area contributed by atoms with Gasteiger partial charge < -0.3 is 10.4 Å². The molecule has 0 bridgehead atoms. The van der Waals surface area contributed by atoms with Gasteiger partial charge in [-0.2, -0.15) is 13.2 Å². The van der Waals surface area contributed by atoms with Crippen molar-refractivity contribution in [1.82, 2.24) is 9.38 Å². The zero-order valence-corrected chi connectivity index (χ0v) is 18.3. The second-order valence-corrected chi connectivity index (χ2v) is 7.92. The molecule has 0 unspecified atom stereocenters. The maximum atomic E-state index is 12.6. The second kappa shape index (κ2) is 10.2. The predicted molar refractivity (Wildman–Crippen MR) is 119 cm³/mol. The van der Waals surface area contributed by atoms with Crippen LogP contribution in [0.3, 0.4) is 0 Å². The SMILES string of the molecule is CCCC(=O)c1ccc(-c2cnc3c(NCCC(F)(F)F)cc(CCCO)cn23)cc1C. The molecule has 3 aromatic rings. The zero-order valence-electron chi connectivity index (χ0n) is 18.3. The molecule has 5 nitrogen and oxygen atoms in total. The molecule has 0 atom stereocenters. The number of pyridine rings is 1. The molecule has 0 aliphatic carbocycles. The molecule has 0 saturated heterocycles. The van der Waals surface area contributed by atoms with Crippen LogP contribution in [0.1, 0.15) is 54.1 Å². The fourth-order valence-electron chi connectivity index (χ4n) is 3.74. The standard InChI is InChI=1S/C24H28F3N3O2/c1-3-5-22(32)19-8-7-18(12-16(19)2)21-14-29-23-20(28-10-9-24(25,26)27)13-17(6-4-11-31)15-30(21)23/h7-8,12-15,28,31H,3-6,9-11H2,1-2H3. The number of aliphatic hydroxyl groups excluding tert-OH is 1. The highest BCUT2D eigenvalue weighted by Crippen LogP contribution is 2.29. The Morgan fingerprint density at radius 3 is 2.69 bits per heavy atom. The minimum Gasteiger partial charge on any atom is -0.396 e. The highest BCUT2D eigenvalue weighted by molar-refractivity contribution is 5.97. The fourth-order valence-corrected chi connectivity index (χ4v) is 3.74. The highest BCUT2D eigenvalue weighted by atomic mass is 19.4. The topological polar surface area (TPSA) is 66.6 Å². The molecule has 172 valence electrons. The highest BCUT2D eigenvalue weighted by Gasteiger charge is 2.26. The van der Waals surface area contributed by atoms with Crippen molar-refractivity contribution in [3.63, 3.8) is 0 Å². The lowest BCUT2D eigenvalue weighted by molar-refractivity contribution is -0.131. The average Bonchev–Trinajstić information content (AvgIpc) is 3.15. The van der Waals surface area contributed by atoms with Gasteiger partial charge in [0.2, 0.25) is 0 Å². The van der Waals surface area contributed by atoms with E-state index in [1.807, 2.05) is 42.6 Å². The molecule has 8 heteroatoms. The summed E-state index contributed by atoms with van der Waals surface area (Å²) in [4.78, 5) is 16.8. The number of aryl methyl sites for hydroxylation is 2. The first-order valence-electron chi connectivity index (χ1n) is 10.8. The number of hydrogen-bond acceptors (Lipinski definition) is 4. The molecule has 0 fully saturated rings. The summed E-state index contributed by atoms with van der Waals surface area (Å²) >= 11 is 0. The van der Waals surface area contributed by atoms with Crippen molar-refractivity contribution in [2.24, 2.45) is 0 Å². The maximum absolute atomic E-state index is 12.6. The number of anilines is 1. The third kappa shape index (κ3) is 5.68. The molecular weight excluding hydrogens is 419 g/mol. The molecule has 0 aliphatic heterocycles. The van der Waals surface area contributed by atoms with E-state index in [0.717, 1.165) is 28.8 Å². The smallest absolute Gasteiger partial charge is 0.390 e. The zero-order chi connectivity index (χ0) is 23.3. The Balaban J connectivity index is 2.00. The number of benzene rings is 1. The summed E-state index contributed by atoms with van der Waals surface area (Å²) in [6.07, 6.45) is 0.806. The molecule has 0 amide bonds. The summed E-state index contributed by atoms with van der Waals surface area (Å²) in [7, 11) is 0. The number of ketones is 1. The van der Waals surface area contributed by atoms with Crippen LogP contribution in [0, 0.1) is 6.92 Å². The lowest BCUT2D eigenvalue weighted by atomic mass is 9.98. The van der Waals surface area contributed by atoms with E-state index < -0.39 is 12.6 Å². The molecule has 0 aliphatic rings. The van der Waals surface area contributed by atoms with Crippen LogP contribution in [0.25, 0.3) is 16.9 Å². The van der Waals surface area contributed by atoms with Gasteiger partial charge in [0, 0.05) is 36.9 Å². The number of nitrogens with zero attached hydrogens (tertiary/aromatic N) is 2. The summed E-state index contributed by atoms with van der Waals surface area (Å²) in [5.41, 5.74) is 5.14.